The SMILES string of the molecule is CNC(CCC1CCCO1)c1ccc(C)c(F)c1F. The molecule has 0 radical (unpaired) electrons. The Hall–Kier alpha value is -1.00. The first-order valence-corrected chi connectivity index (χ1v) is 6.87. The number of ether oxygens (including phenoxy) is 1. The number of rotatable bonds is 5. The molecular weight excluding hydrogens is 248 g/mol. The predicted molar refractivity (Wildman–Crippen MR) is 71.1 cm³/mol. The summed E-state index contributed by atoms with van der Waals surface area (Å²) in [7, 11) is 1.78. The van der Waals surface area contributed by atoms with Crippen molar-refractivity contribution in [3.05, 3.63) is 34.9 Å². The first-order valence-electron chi connectivity index (χ1n) is 6.87. The second kappa shape index (κ2) is 6.44. The fourth-order valence-corrected chi connectivity index (χ4v) is 2.61. The van der Waals surface area contributed by atoms with E-state index >= 15 is 0 Å². The van der Waals surface area contributed by atoms with Crippen LogP contribution < -0.4 is 5.32 Å². The molecule has 1 N–H and O–H groups in total. The molecule has 19 heavy (non-hydrogen) atoms. The minimum absolute atomic E-state index is 0.167. The molecule has 1 aliphatic heterocycles. The van der Waals surface area contributed by atoms with Crippen LogP contribution in [0.1, 0.15) is 42.9 Å². The van der Waals surface area contributed by atoms with E-state index in [0.29, 0.717) is 11.1 Å². The normalized spacial score (nSPS) is 20.7. The van der Waals surface area contributed by atoms with E-state index in [1.54, 1.807) is 26.1 Å². The fraction of sp³-hybridized carbons (Fsp3) is 0.600. The van der Waals surface area contributed by atoms with Gasteiger partial charge in [-0.25, -0.2) is 8.78 Å². The van der Waals surface area contributed by atoms with Crippen LogP contribution in [0.3, 0.4) is 0 Å². The minimum atomic E-state index is -0.741. The highest BCUT2D eigenvalue weighted by Gasteiger charge is 2.21. The molecule has 1 aliphatic rings. The third-order valence-electron chi connectivity index (χ3n) is 3.83. The highest BCUT2D eigenvalue weighted by atomic mass is 19.2. The molecule has 106 valence electrons. The summed E-state index contributed by atoms with van der Waals surface area (Å²) in [5.74, 6) is -1.47. The number of hydrogen-bond donors (Lipinski definition) is 1. The largest absolute Gasteiger partial charge is 0.378 e. The molecule has 1 saturated heterocycles. The van der Waals surface area contributed by atoms with Crippen LogP contribution in [0, 0.1) is 18.6 Å². The van der Waals surface area contributed by atoms with Crippen molar-refractivity contribution in [2.24, 2.45) is 0 Å². The summed E-state index contributed by atoms with van der Waals surface area (Å²) < 4.78 is 33.1. The first-order chi connectivity index (χ1) is 9.13. The zero-order valence-electron chi connectivity index (χ0n) is 11.5. The van der Waals surface area contributed by atoms with Crippen molar-refractivity contribution in [3.8, 4) is 0 Å². The van der Waals surface area contributed by atoms with Gasteiger partial charge in [0.1, 0.15) is 0 Å². The Morgan fingerprint density at radius 1 is 1.37 bits per heavy atom. The molecule has 4 heteroatoms. The lowest BCUT2D eigenvalue weighted by Gasteiger charge is -2.20. The van der Waals surface area contributed by atoms with Gasteiger partial charge >= 0.3 is 0 Å². The molecule has 2 rings (SSSR count). The Morgan fingerprint density at radius 2 is 2.16 bits per heavy atom. The summed E-state index contributed by atoms with van der Waals surface area (Å²) >= 11 is 0. The second-order valence-electron chi connectivity index (χ2n) is 5.15. The lowest BCUT2D eigenvalue weighted by molar-refractivity contribution is 0.0997. The molecule has 0 aromatic heterocycles. The maximum absolute atomic E-state index is 14.0. The van der Waals surface area contributed by atoms with Crippen molar-refractivity contribution < 1.29 is 13.5 Å². The number of aryl methyl sites for hydroxylation is 1. The Bertz CT molecular complexity index is 430. The van der Waals surface area contributed by atoms with Crippen molar-refractivity contribution in [1.29, 1.82) is 0 Å². The minimum Gasteiger partial charge on any atom is -0.378 e. The lowest BCUT2D eigenvalue weighted by atomic mass is 9.97. The van der Waals surface area contributed by atoms with Crippen molar-refractivity contribution in [1.82, 2.24) is 5.32 Å². The molecule has 0 bridgehead atoms. The molecule has 2 atom stereocenters. The van der Waals surface area contributed by atoms with Crippen LogP contribution in [0.2, 0.25) is 0 Å². The number of hydrogen-bond acceptors (Lipinski definition) is 2. The summed E-state index contributed by atoms with van der Waals surface area (Å²) in [4.78, 5) is 0. The molecule has 0 amide bonds. The summed E-state index contributed by atoms with van der Waals surface area (Å²) in [6.45, 7) is 2.39. The van der Waals surface area contributed by atoms with Gasteiger partial charge in [0.25, 0.3) is 0 Å². The van der Waals surface area contributed by atoms with Gasteiger partial charge < -0.3 is 10.1 Å². The predicted octanol–water partition coefficient (Wildman–Crippen LogP) is 3.49. The van der Waals surface area contributed by atoms with Crippen LogP contribution in [0.5, 0.6) is 0 Å². The molecule has 2 nitrogen and oxygen atoms in total. The van der Waals surface area contributed by atoms with Gasteiger partial charge in [-0.2, -0.15) is 0 Å². The highest BCUT2D eigenvalue weighted by molar-refractivity contribution is 5.27. The van der Waals surface area contributed by atoms with Crippen LogP contribution >= 0.6 is 0 Å². The maximum atomic E-state index is 14.0. The molecule has 1 aromatic carbocycles. The number of benzene rings is 1. The van der Waals surface area contributed by atoms with Crippen molar-refractivity contribution in [3.63, 3.8) is 0 Å². The average Bonchev–Trinajstić information content (AvgIpc) is 2.92. The van der Waals surface area contributed by atoms with Crippen molar-refractivity contribution >= 4 is 0 Å². The van der Waals surface area contributed by atoms with Gasteiger partial charge in [0.05, 0.1) is 6.10 Å². The summed E-state index contributed by atoms with van der Waals surface area (Å²) in [6.07, 6.45) is 4.07. The van der Waals surface area contributed by atoms with E-state index in [1.807, 2.05) is 0 Å². The van der Waals surface area contributed by atoms with Crippen LogP contribution in [0.4, 0.5) is 8.78 Å². The molecule has 0 aliphatic carbocycles. The monoisotopic (exact) mass is 269 g/mol. The highest BCUT2D eigenvalue weighted by Crippen LogP contribution is 2.27. The van der Waals surface area contributed by atoms with Crippen molar-refractivity contribution in [2.45, 2.75) is 44.8 Å². The van der Waals surface area contributed by atoms with E-state index in [1.165, 1.54) is 0 Å². The summed E-state index contributed by atoms with van der Waals surface area (Å²) in [6, 6.07) is 3.13. The Balaban J connectivity index is 2.06. The Morgan fingerprint density at radius 3 is 2.79 bits per heavy atom. The van der Waals surface area contributed by atoms with Gasteiger partial charge in [-0.1, -0.05) is 12.1 Å². The van der Waals surface area contributed by atoms with E-state index in [2.05, 4.69) is 5.32 Å². The van der Waals surface area contributed by atoms with Gasteiger partial charge in [0, 0.05) is 18.2 Å². The molecule has 2 unspecified atom stereocenters. The van der Waals surface area contributed by atoms with E-state index < -0.39 is 11.6 Å². The topological polar surface area (TPSA) is 21.3 Å². The molecule has 1 heterocycles. The molecule has 1 fully saturated rings. The first kappa shape index (κ1) is 14.4. The van der Waals surface area contributed by atoms with Gasteiger partial charge in [0.2, 0.25) is 0 Å². The van der Waals surface area contributed by atoms with Gasteiger partial charge in [-0.05, 0) is 45.2 Å². The zero-order chi connectivity index (χ0) is 13.8. The van der Waals surface area contributed by atoms with Crippen LogP contribution in [-0.2, 0) is 4.74 Å². The zero-order valence-corrected chi connectivity index (χ0v) is 11.5. The average molecular weight is 269 g/mol. The summed E-state index contributed by atoms with van der Waals surface area (Å²) in [5.41, 5.74) is 0.749. The third-order valence-corrected chi connectivity index (χ3v) is 3.83. The van der Waals surface area contributed by atoms with E-state index in [4.69, 9.17) is 4.74 Å². The number of nitrogens with one attached hydrogen (secondary N) is 1. The Labute approximate surface area is 113 Å². The number of halogens is 2. The van der Waals surface area contributed by atoms with E-state index in [-0.39, 0.29) is 12.1 Å². The molecule has 0 saturated carbocycles. The maximum Gasteiger partial charge on any atom is 0.163 e. The lowest BCUT2D eigenvalue weighted by Crippen LogP contribution is -2.20. The quantitative estimate of drug-likeness (QED) is 0.883. The van der Waals surface area contributed by atoms with Crippen LogP contribution in [0.25, 0.3) is 0 Å². The van der Waals surface area contributed by atoms with Gasteiger partial charge in [-0.3, -0.25) is 0 Å². The second-order valence-corrected chi connectivity index (χ2v) is 5.15. The van der Waals surface area contributed by atoms with E-state index in [9.17, 15) is 8.78 Å². The van der Waals surface area contributed by atoms with Crippen LogP contribution in [-0.4, -0.2) is 19.8 Å². The Kier molecular flexibility index (Phi) is 4.88. The third kappa shape index (κ3) is 3.31. The standard InChI is InChI=1S/C15H21F2NO/c1-10-5-7-12(15(17)14(10)16)13(18-2)8-6-11-4-3-9-19-11/h5,7,11,13,18H,3-4,6,8-9H2,1-2H3. The van der Waals surface area contributed by atoms with Gasteiger partial charge in [0.15, 0.2) is 11.6 Å². The smallest absolute Gasteiger partial charge is 0.163 e. The van der Waals surface area contributed by atoms with Crippen molar-refractivity contribution in [2.75, 3.05) is 13.7 Å². The molecule has 1 aromatic rings. The fourth-order valence-electron chi connectivity index (χ4n) is 2.61. The van der Waals surface area contributed by atoms with Crippen LogP contribution in [0.15, 0.2) is 12.1 Å². The molecule has 0 spiro atoms. The summed E-state index contributed by atoms with van der Waals surface area (Å²) in [5, 5.41) is 3.07. The molecular formula is C15H21F2NO. The van der Waals surface area contributed by atoms with E-state index in [0.717, 1.165) is 32.3 Å². The van der Waals surface area contributed by atoms with Gasteiger partial charge in [-0.15, -0.1) is 0 Å².